The Morgan fingerprint density at radius 2 is 2.10 bits per heavy atom. The molecule has 20 heavy (non-hydrogen) atoms. The molecule has 0 amide bonds. The number of carbonyl (C=O) groups is 1. The fourth-order valence-corrected chi connectivity index (χ4v) is 1.74. The van der Waals surface area contributed by atoms with E-state index >= 15 is 0 Å². The van der Waals surface area contributed by atoms with Gasteiger partial charge in [0.2, 0.25) is 5.82 Å². The molecule has 0 saturated heterocycles. The second kappa shape index (κ2) is 5.96. The quantitative estimate of drug-likeness (QED) is 0.473. The van der Waals surface area contributed by atoms with Crippen molar-refractivity contribution in [3.05, 3.63) is 58.2 Å². The molecule has 0 unspecified atom stereocenters. The smallest absolute Gasteiger partial charge is 0.374 e. The summed E-state index contributed by atoms with van der Waals surface area (Å²) in [5.74, 6) is -0.274. The molecule has 7 nitrogen and oxygen atoms in total. The summed E-state index contributed by atoms with van der Waals surface area (Å²) in [6, 6.07) is 6.15. The number of esters is 1. The summed E-state index contributed by atoms with van der Waals surface area (Å²) in [6.07, 6.45) is 3.17. The van der Waals surface area contributed by atoms with E-state index in [0.717, 1.165) is 5.56 Å². The van der Waals surface area contributed by atoms with Gasteiger partial charge in [-0.2, -0.15) is 0 Å². The molecule has 0 aliphatic rings. The lowest BCUT2D eigenvalue weighted by Gasteiger charge is -2.07. The van der Waals surface area contributed by atoms with Gasteiger partial charge >= 0.3 is 5.97 Å². The summed E-state index contributed by atoms with van der Waals surface area (Å²) in [6.45, 7) is 2.40. The Hall–Kier alpha value is -2.70. The Morgan fingerprint density at radius 1 is 1.40 bits per heavy atom. The van der Waals surface area contributed by atoms with Gasteiger partial charge in [0.15, 0.2) is 0 Å². The minimum atomic E-state index is -0.487. The van der Waals surface area contributed by atoms with Gasteiger partial charge in [-0.25, -0.2) is 9.78 Å². The molecule has 2 rings (SSSR count). The summed E-state index contributed by atoms with van der Waals surface area (Å²) in [5, 5.41) is 10.6. The van der Waals surface area contributed by atoms with Crippen LogP contribution in [0, 0.1) is 10.1 Å². The maximum atomic E-state index is 11.7. The number of imidazole rings is 1. The maximum Gasteiger partial charge on any atom is 0.374 e. The Morgan fingerprint density at radius 3 is 2.70 bits per heavy atom. The molecule has 104 valence electrons. The molecule has 0 radical (unpaired) electrons. The molecule has 7 heteroatoms. The second-order valence-electron chi connectivity index (χ2n) is 4.02. The topological polar surface area (TPSA) is 87.3 Å². The van der Waals surface area contributed by atoms with Gasteiger partial charge in [-0.15, -0.1) is 0 Å². The fourth-order valence-electron chi connectivity index (χ4n) is 1.74. The third-order valence-electron chi connectivity index (χ3n) is 2.67. The summed E-state index contributed by atoms with van der Waals surface area (Å²) in [5.41, 5.74) is 0.865. The monoisotopic (exact) mass is 275 g/mol. The van der Waals surface area contributed by atoms with E-state index in [1.54, 1.807) is 29.8 Å². The van der Waals surface area contributed by atoms with Crippen molar-refractivity contribution in [1.29, 1.82) is 0 Å². The lowest BCUT2D eigenvalue weighted by Crippen LogP contribution is -2.13. The highest BCUT2D eigenvalue weighted by atomic mass is 16.6. The van der Waals surface area contributed by atoms with Crippen LogP contribution in [0.2, 0.25) is 0 Å². The van der Waals surface area contributed by atoms with Gasteiger partial charge in [-0.1, -0.05) is 12.1 Å². The fraction of sp³-hybridized carbons (Fsp3) is 0.231. The van der Waals surface area contributed by atoms with Gasteiger partial charge in [0.25, 0.3) is 5.69 Å². The summed E-state index contributed by atoms with van der Waals surface area (Å²) >= 11 is 0. The molecule has 0 atom stereocenters. The van der Waals surface area contributed by atoms with Gasteiger partial charge in [0.05, 0.1) is 11.5 Å². The molecule has 2 aromatic rings. The van der Waals surface area contributed by atoms with Crippen molar-refractivity contribution in [3.63, 3.8) is 0 Å². The minimum absolute atomic E-state index is 0.0324. The van der Waals surface area contributed by atoms with Crippen LogP contribution in [0.5, 0.6) is 0 Å². The Balaban J connectivity index is 2.16. The third kappa shape index (κ3) is 3.00. The number of hydrogen-bond acceptors (Lipinski definition) is 5. The second-order valence-corrected chi connectivity index (χ2v) is 4.02. The van der Waals surface area contributed by atoms with Crippen LogP contribution in [0.15, 0.2) is 36.7 Å². The van der Waals surface area contributed by atoms with Gasteiger partial charge in [-0.3, -0.25) is 10.1 Å². The van der Waals surface area contributed by atoms with Crippen molar-refractivity contribution in [1.82, 2.24) is 9.55 Å². The first-order valence-corrected chi connectivity index (χ1v) is 6.03. The van der Waals surface area contributed by atoms with E-state index < -0.39 is 10.9 Å². The number of rotatable bonds is 5. The van der Waals surface area contributed by atoms with Crippen LogP contribution in [0.4, 0.5) is 5.69 Å². The third-order valence-corrected chi connectivity index (χ3v) is 2.67. The molecular weight excluding hydrogens is 262 g/mol. The van der Waals surface area contributed by atoms with Gasteiger partial charge < -0.3 is 9.30 Å². The highest BCUT2D eigenvalue weighted by Gasteiger charge is 2.14. The number of nitro benzene ring substituents is 1. The zero-order valence-electron chi connectivity index (χ0n) is 10.9. The van der Waals surface area contributed by atoms with E-state index in [2.05, 4.69) is 4.98 Å². The van der Waals surface area contributed by atoms with Crippen LogP contribution < -0.4 is 0 Å². The van der Waals surface area contributed by atoms with E-state index in [-0.39, 0.29) is 18.1 Å². The van der Waals surface area contributed by atoms with E-state index in [4.69, 9.17) is 4.74 Å². The van der Waals surface area contributed by atoms with Crippen LogP contribution in [-0.2, 0) is 11.3 Å². The molecule has 0 bridgehead atoms. The zero-order chi connectivity index (χ0) is 14.5. The van der Waals surface area contributed by atoms with Crippen LogP contribution >= 0.6 is 0 Å². The van der Waals surface area contributed by atoms with Gasteiger partial charge in [0.1, 0.15) is 0 Å². The highest BCUT2D eigenvalue weighted by molar-refractivity contribution is 5.85. The molecular formula is C13H13N3O4. The number of benzene rings is 1. The first-order valence-electron chi connectivity index (χ1n) is 6.03. The molecule has 1 heterocycles. The lowest BCUT2D eigenvalue weighted by atomic mass is 10.2. The largest absolute Gasteiger partial charge is 0.460 e. The molecule has 0 saturated carbocycles. The first kappa shape index (κ1) is 13.7. The van der Waals surface area contributed by atoms with Crippen LogP contribution in [0.25, 0.3) is 0 Å². The lowest BCUT2D eigenvalue weighted by molar-refractivity contribution is -0.384. The predicted molar refractivity (Wildman–Crippen MR) is 70.4 cm³/mol. The van der Waals surface area contributed by atoms with Gasteiger partial charge in [0, 0.05) is 31.1 Å². The Kier molecular flexibility index (Phi) is 4.09. The zero-order valence-corrected chi connectivity index (χ0v) is 10.9. The Labute approximate surface area is 115 Å². The van der Waals surface area contributed by atoms with E-state index in [1.165, 1.54) is 18.3 Å². The van der Waals surface area contributed by atoms with Crippen molar-refractivity contribution >= 4 is 11.7 Å². The van der Waals surface area contributed by atoms with Crippen molar-refractivity contribution in [2.24, 2.45) is 0 Å². The molecule has 0 fully saturated rings. The van der Waals surface area contributed by atoms with Crippen molar-refractivity contribution in [3.8, 4) is 0 Å². The molecule has 0 N–H and O–H groups in total. The van der Waals surface area contributed by atoms with Crippen molar-refractivity contribution < 1.29 is 14.5 Å². The number of ether oxygens (including phenoxy) is 1. The van der Waals surface area contributed by atoms with Crippen LogP contribution in [-0.4, -0.2) is 27.1 Å². The predicted octanol–water partition coefficient (Wildman–Crippen LogP) is 2.02. The SMILES string of the molecule is CCOC(=O)c1nccn1Cc1ccc([N+](=O)[O-])cc1. The first-order chi connectivity index (χ1) is 9.61. The molecule has 0 aliphatic carbocycles. The van der Waals surface area contributed by atoms with E-state index in [9.17, 15) is 14.9 Å². The normalized spacial score (nSPS) is 10.2. The molecule has 1 aromatic carbocycles. The number of nitrogens with zero attached hydrogens (tertiary/aromatic N) is 3. The maximum absolute atomic E-state index is 11.7. The molecule has 1 aromatic heterocycles. The van der Waals surface area contributed by atoms with E-state index in [1.807, 2.05) is 0 Å². The average molecular weight is 275 g/mol. The average Bonchev–Trinajstić information content (AvgIpc) is 2.88. The summed E-state index contributed by atoms with van der Waals surface area (Å²) in [4.78, 5) is 25.7. The standard InChI is InChI=1S/C13H13N3O4/c1-2-20-13(17)12-14-7-8-15(12)9-10-3-5-11(6-4-10)16(18)19/h3-8H,2,9H2,1H3. The summed E-state index contributed by atoms with van der Waals surface area (Å²) in [7, 11) is 0. The number of carbonyl (C=O) groups excluding carboxylic acids is 1. The number of nitro groups is 1. The van der Waals surface area contributed by atoms with Gasteiger partial charge in [-0.05, 0) is 12.5 Å². The van der Waals surface area contributed by atoms with Crippen molar-refractivity contribution in [2.45, 2.75) is 13.5 Å². The number of hydrogen-bond donors (Lipinski definition) is 0. The molecule has 0 aliphatic heterocycles. The number of non-ortho nitro benzene ring substituents is 1. The molecule has 0 spiro atoms. The highest BCUT2D eigenvalue weighted by Crippen LogP contribution is 2.13. The van der Waals surface area contributed by atoms with Crippen molar-refractivity contribution in [2.75, 3.05) is 6.61 Å². The van der Waals surface area contributed by atoms with Crippen LogP contribution in [0.1, 0.15) is 23.1 Å². The summed E-state index contributed by atoms with van der Waals surface area (Å²) < 4.78 is 6.54. The minimum Gasteiger partial charge on any atom is -0.460 e. The van der Waals surface area contributed by atoms with E-state index in [0.29, 0.717) is 6.54 Å². The Bertz CT molecular complexity index is 619. The number of aromatic nitrogens is 2. The van der Waals surface area contributed by atoms with Crippen LogP contribution in [0.3, 0.4) is 0 Å².